The topological polar surface area (TPSA) is 88.5 Å². The molecule has 30 heavy (non-hydrogen) atoms. The molecule has 0 bridgehead atoms. The van der Waals surface area contributed by atoms with Gasteiger partial charge in [0.2, 0.25) is 0 Å². The summed E-state index contributed by atoms with van der Waals surface area (Å²) in [5, 5.41) is 6.12. The number of benzene rings is 2. The van der Waals surface area contributed by atoms with Crippen LogP contribution in [0.3, 0.4) is 0 Å². The van der Waals surface area contributed by atoms with Gasteiger partial charge in [0.15, 0.2) is 12.4 Å². The van der Waals surface area contributed by atoms with Crippen LogP contribution in [0.25, 0.3) is 11.4 Å². The van der Waals surface area contributed by atoms with Crippen molar-refractivity contribution in [3.8, 4) is 17.1 Å². The molecule has 0 spiro atoms. The van der Waals surface area contributed by atoms with Gasteiger partial charge in [-0.3, -0.25) is 9.79 Å². The van der Waals surface area contributed by atoms with Crippen LogP contribution in [0, 0.1) is 0 Å². The van der Waals surface area contributed by atoms with Gasteiger partial charge in [-0.25, -0.2) is 9.97 Å². The molecule has 0 saturated carbocycles. The average molecular weight is 401 g/mol. The van der Waals surface area contributed by atoms with E-state index < -0.39 is 0 Å². The van der Waals surface area contributed by atoms with Crippen LogP contribution in [0.4, 0.5) is 11.5 Å². The summed E-state index contributed by atoms with van der Waals surface area (Å²) in [7, 11) is 0. The molecule has 0 atom stereocenters. The van der Waals surface area contributed by atoms with Crippen LogP contribution in [0.5, 0.6) is 5.75 Å². The Morgan fingerprint density at radius 1 is 1.17 bits per heavy atom. The minimum absolute atomic E-state index is 0.0360. The number of carbonyl (C=O) groups is 1. The molecule has 2 N–H and O–H groups in total. The largest absolute Gasteiger partial charge is 0.484 e. The third kappa shape index (κ3) is 4.81. The lowest BCUT2D eigenvalue weighted by Gasteiger charge is -2.11. The van der Waals surface area contributed by atoms with Crippen molar-refractivity contribution < 1.29 is 9.53 Å². The number of rotatable bonds is 7. The molecule has 1 amide bonds. The zero-order valence-corrected chi connectivity index (χ0v) is 16.9. The highest BCUT2D eigenvalue weighted by molar-refractivity contribution is 5.86. The predicted octanol–water partition coefficient (Wildman–Crippen LogP) is 3.72. The van der Waals surface area contributed by atoms with Gasteiger partial charge in [-0.05, 0) is 55.3 Å². The number of anilines is 2. The van der Waals surface area contributed by atoms with Crippen LogP contribution in [0.15, 0.2) is 59.7 Å². The van der Waals surface area contributed by atoms with Gasteiger partial charge < -0.3 is 15.4 Å². The van der Waals surface area contributed by atoms with Crippen molar-refractivity contribution in [1.82, 2.24) is 15.3 Å². The van der Waals surface area contributed by atoms with Gasteiger partial charge in [0.05, 0.1) is 6.54 Å². The minimum atomic E-state index is -0.155. The summed E-state index contributed by atoms with van der Waals surface area (Å²) in [5.41, 5.74) is 4.10. The third-order valence-electron chi connectivity index (χ3n) is 4.48. The van der Waals surface area contributed by atoms with E-state index >= 15 is 0 Å². The maximum Gasteiger partial charge on any atom is 0.258 e. The first-order valence-corrected chi connectivity index (χ1v) is 9.82. The van der Waals surface area contributed by atoms with Gasteiger partial charge >= 0.3 is 0 Å². The Bertz CT molecular complexity index is 1090. The number of nitrogens with zero attached hydrogens (tertiary/aromatic N) is 3. The maximum atomic E-state index is 11.8. The molecule has 1 aliphatic heterocycles. The second kappa shape index (κ2) is 8.73. The standard InChI is InChI=1S/C23H23N5O2/c1-15(2)26-22(29)14-30-20-5-3-4-16(11-20)23-25-9-8-21(28-23)27-19-7-6-17-12-24-13-18(17)10-19/h3-11,13,15H,12,14H2,1-2H3,(H,26,29)(H,25,27,28). The summed E-state index contributed by atoms with van der Waals surface area (Å²) in [4.78, 5) is 25.1. The fraction of sp³-hybridized carbons (Fsp3) is 0.217. The molecule has 7 heteroatoms. The summed E-state index contributed by atoms with van der Waals surface area (Å²) >= 11 is 0. The summed E-state index contributed by atoms with van der Waals surface area (Å²) in [6.07, 6.45) is 3.60. The Morgan fingerprint density at radius 2 is 2.07 bits per heavy atom. The lowest BCUT2D eigenvalue weighted by Crippen LogP contribution is -2.34. The van der Waals surface area contributed by atoms with E-state index in [4.69, 9.17) is 4.74 Å². The monoisotopic (exact) mass is 401 g/mol. The fourth-order valence-corrected chi connectivity index (χ4v) is 3.13. The number of hydrogen-bond donors (Lipinski definition) is 2. The number of aromatic nitrogens is 2. The number of nitrogens with one attached hydrogen (secondary N) is 2. The van der Waals surface area contributed by atoms with Crippen molar-refractivity contribution in [2.75, 3.05) is 11.9 Å². The Morgan fingerprint density at radius 3 is 2.93 bits per heavy atom. The van der Waals surface area contributed by atoms with Gasteiger partial charge in [0, 0.05) is 29.7 Å². The van der Waals surface area contributed by atoms with Crippen LogP contribution < -0.4 is 15.4 Å². The van der Waals surface area contributed by atoms with Crippen LogP contribution in [-0.4, -0.2) is 34.7 Å². The molecular formula is C23H23N5O2. The molecule has 1 aromatic heterocycles. The summed E-state index contributed by atoms with van der Waals surface area (Å²) in [5.74, 6) is 1.70. The van der Waals surface area contributed by atoms with Gasteiger partial charge in [0.25, 0.3) is 5.91 Å². The smallest absolute Gasteiger partial charge is 0.258 e. The van der Waals surface area contributed by atoms with Gasteiger partial charge in [-0.1, -0.05) is 18.2 Å². The Kier molecular flexibility index (Phi) is 5.70. The van der Waals surface area contributed by atoms with E-state index in [1.165, 1.54) is 5.56 Å². The van der Waals surface area contributed by atoms with E-state index in [9.17, 15) is 4.79 Å². The highest BCUT2D eigenvalue weighted by Crippen LogP contribution is 2.24. The number of carbonyl (C=O) groups excluding carboxylic acids is 1. The lowest BCUT2D eigenvalue weighted by molar-refractivity contribution is -0.123. The molecule has 0 unspecified atom stereocenters. The van der Waals surface area contributed by atoms with Gasteiger partial charge in [-0.2, -0.15) is 0 Å². The number of aliphatic imine (C=N–C) groups is 1. The SMILES string of the molecule is CC(C)NC(=O)COc1cccc(-c2nccc(Nc3ccc4c(c3)C=NC4)n2)c1. The molecule has 7 nitrogen and oxygen atoms in total. The van der Waals surface area contributed by atoms with Crippen molar-refractivity contribution >= 4 is 23.6 Å². The summed E-state index contributed by atoms with van der Waals surface area (Å²) < 4.78 is 5.60. The van der Waals surface area contributed by atoms with Crippen LogP contribution in [0.1, 0.15) is 25.0 Å². The molecule has 3 aromatic rings. The first-order chi connectivity index (χ1) is 14.6. The molecule has 0 saturated heterocycles. The molecule has 152 valence electrons. The number of ether oxygens (including phenoxy) is 1. The van der Waals surface area contributed by atoms with Crippen molar-refractivity contribution in [1.29, 1.82) is 0 Å². The first kappa shape index (κ1) is 19.6. The Balaban J connectivity index is 1.47. The number of fused-ring (bicyclic) bond motifs is 1. The maximum absolute atomic E-state index is 11.8. The van der Waals surface area contributed by atoms with E-state index in [1.54, 1.807) is 12.3 Å². The average Bonchev–Trinajstić information content (AvgIpc) is 3.20. The first-order valence-electron chi connectivity index (χ1n) is 9.82. The van der Waals surface area contributed by atoms with Crippen LogP contribution in [0.2, 0.25) is 0 Å². The second-order valence-electron chi connectivity index (χ2n) is 7.31. The molecule has 0 fully saturated rings. The second-order valence-corrected chi connectivity index (χ2v) is 7.31. The molecule has 4 rings (SSSR count). The zero-order valence-electron chi connectivity index (χ0n) is 16.9. The van der Waals surface area contributed by atoms with Crippen molar-refractivity contribution in [2.24, 2.45) is 4.99 Å². The Labute approximate surface area is 175 Å². The molecule has 1 aliphatic rings. The number of hydrogen-bond acceptors (Lipinski definition) is 6. The normalized spacial score (nSPS) is 12.0. The van der Waals surface area contributed by atoms with Crippen molar-refractivity contribution in [3.63, 3.8) is 0 Å². The molecule has 2 aromatic carbocycles. The third-order valence-corrected chi connectivity index (χ3v) is 4.48. The van der Waals surface area contributed by atoms with E-state index in [2.05, 4.69) is 37.7 Å². The zero-order chi connectivity index (χ0) is 20.9. The highest BCUT2D eigenvalue weighted by atomic mass is 16.5. The van der Waals surface area contributed by atoms with Gasteiger partial charge in [0.1, 0.15) is 11.6 Å². The fourth-order valence-electron chi connectivity index (χ4n) is 3.13. The molecular weight excluding hydrogens is 378 g/mol. The highest BCUT2D eigenvalue weighted by Gasteiger charge is 2.09. The van der Waals surface area contributed by atoms with E-state index in [0.29, 0.717) is 17.4 Å². The van der Waals surface area contributed by atoms with Crippen LogP contribution >= 0.6 is 0 Å². The van der Waals surface area contributed by atoms with E-state index in [-0.39, 0.29) is 18.6 Å². The van der Waals surface area contributed by atoms with Gasteiger partial charge in [-0.15, -0.1) is 0 Å². The van der Waals surface area contributed by atoms with Crippen LogP contribution in [-0.2, 0) is 11.3 Å². The van der Waals surface area contributed by atoms with E-state index in [0.717, 1.165) is 23.4 Å². The van der Waals surface area contributed by atoms with Crippen molar-refractivity contribution in [3.05, 3.63) is 65.9 Å². The molecule has 2 heterocycles. The molecule has 0 aliphatic carbocycles. The molecule has 0 radical (unpaired) electrons. The quantitative estimate of drug-likeness (QED) is 0.630. The summed E-state index contributed by atoms with van der Waals surface area (Å²) in [6.45, 7) is 4.52. The Hall–Kier alpha value is -3.74. The van der Waals surface area contributed by atoms with Crippen molar-refractivity contribution in [2.45, 2.75) is 26.4 Å². The summed E-state index contributed by atoms with van der Waals surface area (Å²) in [6, 6.07) is 15.4. The lowest BCUT2D eigenvalue weighted by atomic mass is 10.1. The predicted molar refractivity (Wildman–Crippen MR) is 117 cm³/mol. The minimum Gasteiger partial charge on any atom is -0.484 e. The number of amides is 1. The van der Waals surface area contributed by atoms with E-state index in [1.807, 2.05) is 50.4 Å².